The lowest BCUT2D eigenvalue weighted by Crippen LogP contribution is -2.27. The normalized spacial score (nSPS) is 13.1. The summed E-state index contributed by atoms with van der Waals surface area (Å²) in [5.41, 5.74) is 0. The highest BCUT2D eigenvalue weighted by Gasteiger charge is 2.23. The zero-order valence-electron chi connectivity index (χ0n) is 45.1. The number of unbranched alkanes of at least 4 members (excludes halogenated alkanes) is 42. The van der Waals surface area contributed by atoms with Crippen LogP contribution in [0.1, 0.15) is 316 Å². The molecule has 404 valence electrons. The minimum atomic E-state index is -4.42. The number of carbonyl (C=O) groups excluding carboxylic acids is 2. The zero-order chi connectivity index (χ0) is 49.5. The summed E-state index contributed by atoms with van der Waals surface area (Å²) in [5, 5.41) is 12.8. The second-order valence-corrected chi connectivity index (χ2v) is 21.8. The lowest BCUT2D eigenvalue weighted by molar-refractivity contribution is -0.147. The van der Waals surface area contributed by atoms with Gasteiger partial charge in [-0.3, -0.25) is 18.6 Å². The molecule has 3 N–H and O–H groups in total. The van der Waals surface area contributed by atoms with Crippen LogP contribution in [0.2, 0.25) is 0 Å². The van der Waals surface area contributed by atoms with Crippen LogP contribution in [0.5, 0.6) is 0 Å². The first-order valence-corrected chi connectivity index (χ1v) is 31.2. The molecule has 0 fully saturated rings. The SMILES string of the molecule is CCCCCCCC/C=C/CCCCCCCCCCCCCCCC(=O)OCC(O)COP(=O)(O)OCCNC(=O)CCCCCCCCCCCCCCCCCCCCCCCCCC. The number of aliphatic hydroxyl groups is 1. The largest absolute Gasteiger partial charge is 0.472 e. The van der Waals surface area contributed by atoms with Gasteiger partial charge in [0.2, 0.25) is 5.91 Å². The van der Waals surface area contributed by atoms with Gasteiger partial charge in [0.25, 0.3) is 0 Å². The molecule has 0 aliphatic heterocycles. The fourth-order valence-electron chi connectivity index (χ4n) is 8.97. The number of aliphatic hydroxyl groups excluding tert-OH is 1. The molecule has 0 saturated carbocycles. The van der Waals surface area contributed by atoms with Crippen LogP contribution in [0.15, 0.2) is 12.2 Å². The quantitative estimate of drug-likeness (QED) is 0.0238. The van der Waals surface area contributed by atoms with Crippen molar-refractivity contribution in [2.75, 3.05) is 26.4 Å². The molecule has 68 heavy (non-hydrogen) atoms. The Balaban J connectivity index is 3.47. The first kappa shape index (κ1) is 66.8. The predicted molar refractivity (Wildman–Crippen MR) is 289 cm³/mol. The number of rotatable bonds is 57. The van der Waals surface area contributed by atoms with Gasteiger partial charge in [-0.25, -0.2) is 4.57 Å². The molecule has 0 aliphatic carbocycles. The summed E-state index contributed by atoms with van der Waals surface area (Å²) in [6.45, 7) is 3.63. The summed E-state index contributed by atoms with van der Waals surface area (Å²) in [4.78, 5) is 34.2. The van der Waals surface area contributed by atoms with Gasteiger partial charge in [0, 0.05) is 19.4 Å². The minimum absolute atomic E-state index is 0.0878. The van der Waals surface area contributed by atoms with Crippen molar-refractivity contribution in [3.63, 3.8) is 0 Å². The molecule has 0 rings (SSSR count). The van der Waals surface area contributed by atoms with Crippen LogP contribution < -0.4 is 5.32 Å². The summed E-state index contributed by atoms with van der Waals surface area (Å²) in [7, 11) is -4.42. The van der Waals surface area contributed by atoms with Gasteiger partial charge in [0.05, 0.1) is 13.2 Å². The highest BCUT2D eigenvalue weighted by atomic mass is 31.2. The van der Waals surface area contributed by atoms with E-state index in [2.05, 4.69) is 31.3 Å². The highest BCUT2D eigenvalue weighted by molar-refractivity contribution is 7.47. The standard InChI is InChI=1S/C58H114NO8P/c1-3-5-7-9-11-13-15-17-19-21-23-25-27-29-30-32-34-36-38-40-42-44-46-48-50-57(61)59-52-53-66-68(63,64)67-55-56(60)54-65-58(62)51-49-47-45-43-41-39-37-35-33-31-28-26-24-22-20-18-16-14-12-10-8-6-4-2/h18,20,56,60H,3-17,19,21-55H2,1-2H3,(H,59,61)(H,63,64)/b20-18+. The molecule has 2 unspecified atom stereocenters. The van der Waals surface area contributed by atoms with Gasteiger partial charge in [0.1, 0.15) is 12.7 Å². The van der Waals surface area contributed by atoms with Gasteiger partial charge in [-0.2, -0.15) is 0 Å². The van der Waals surface area contributed by atoms with Gasteiger partial charge in [0.15, 0.2) is 0 Å². The number of nitrogens with one attached hydrogen (secondary N) is 1. The van der Waals surface area contributed by atoms with E-state index in [-0.39, 0.29) is 32.1 Å². The smallest absolute Gasteiger partial charge is 0.463 e. The summed E-state index contributed by atoms with van der Waals surface area (Å²) in [6, 6.07) is 0. The van der Waals surface area contributed by atoms with E-state index in [4.69, 9.17) is 13.8 Å². The van der Waals surface area contributed by atoms with Gasteiger partial charge in [-0.15, -0.1) is 0 Å². The lowest BCUT2D eigenvalue weighted by Gasteiger charge is -2.15. The topological polar surface area (TPSA) is 131 Å². The molecule has 0 heterocycles. The Morgan fingerprint density at radius 2 is 0.750 bits per heavy atom. The number of amides is 1. The van der Waals surface area contributed by atoms with Crippen LogP contribution in [0.25, 0.3) is 0 Å². The summed E-state index contributed by atoms with van der Waals surface area (Å²) in [6.07, 6.45) is 63.2. The maximum atomic E-state index is 12.2. The molecule has 0 saturated heterocycles. The molecule has 2 atom stereocenters. The monoisotopic (exact) mass is 984 g/mol. The third kappa shape index (κ3) is 55.7. The summed E-state index contributed by atoms with van der Waals surface area (Å²) in [5.74, 6) is -0.498. The maximum Gasteiger partial charge on any atom is 0.472 e. The Morgan fingerprint density at radius 3 is 1.10 bits per heavy atom. The number of ether oxygens (including phenoxy) is 1. The molecular weight excluding hydrogens is 870 g/mol. The van der Waals surface area contributed by atoms with Crippen LogP contribution in [-0.2, 0) is 27.9 Å². The molecule has 0 radical (unpaired) electrons. The third-order valence-corrected chi connectivity index (χ3v) is 14.4. The highest BCUT2D eigenvalue weighted by Crippen LogP contribution is 2.43. The van der Waals surface area contributed by atoms with Crippen LogP contribution in [0.4, 0.5) is 0 Å². The number of hydrogen-bond donors (Lipinski definition) is 3. The zero-order valence-corrected chi connectivity index (χ0v) is 46.0. The first-order valence-electron chi connectivity index (χ1n) is 29.7. The Morgan fingerprint density at radius 1 is 0.441 bits per heavy atom. The van der Waals surface area contributed by atoms with E-state index < -0.39 is 26.5 Å². The Hall–Kier alpha value is -1.25. The van der Waals surface area contributed by atoms with Crippen LogP contribution >= 0.6 is 7.82 Å². The van der Waals surface area contributed by atoms with Crippen molar-refractivity contribution in [3.05, 3.63) is 12.2 Å². The fourth-order valence-corrected chi connectivity index (χ4v) is 9.73. The number of phosphoric acid groups is 1. The molecule has 0 bridgehead atoms. The Kier molecular flexibility index (Phi) is 54.1. The minimum Gasteiger partial charge on any atom is -0.463 e. The van der Waals surface area contributed by atoms with Gasteiger partial charge in [-0.1, -0.05) is 276 Å². The van der Waals surface area contributed by atoms with Crippen molar-refractivity contribution in [1.82, 2.24) is 5.32 Å². The van der Waals surface area contributed by atoms with E-state index >= 15 is 0 Å². The number of phosphoric ester groups is 1. The average molecular weight is 985 g/mol. The van der Waals surface area contributed by atoms with E-state index in [0.717, 1.165) is 38.5 Å². The fraction of sp³-hybridized carbons (Fsp3) is 0.931. The van der Waals surface area contributed by atoms with Gasteiger partial charge >= 0.3 is 13.8 Å². The summed E-state index contributed by atoms with van der Waals surface area (Å²) >= 11 is 0. The number of carbonyl (C=O) groups is 2. The molecule has 0 aromatic heterocycles. The molecule has 0 aliphatic rings. The lowest BCUT2D eigenvalue weighted by atomic mass is 10.0. The van der Waals surface area contributed by atoms with E-state index in [1.807, 2.05) is 0 Å². The van der Waals surface area contributed by atoms with E-state index in [1.54, 1.807) is 0 Å². The number of hydrogen-bond acceptors (Lipinski definition) is 7. The van der Waals surface area contributed by atoms with Gasteiger partial charge in [-0.05, 0) is 38.5 Å². The Bertz CT molecular complexity index is 1120. The van der Waals surface area contributed by atoms with E-state index in [0.29, 0.717) is 6.42 Å². The maximum absolute atomic E-state index is 12.2. The molecule has 0 aromatic rings. The van der Waals surface area contributed by atoms with Crippen molar-refractivity contribution < 1.29 is 37.9 Å². The van der Waals surface area contributed by atoms with Crippen molar-refractivity contribution in [1.29, 1.82) is 0 Å². The molecule has 0 aromatic carbocycles. The first-order chi connectivity index (χ1) is 33.3. The van der Waals surface area contributed by atoms with Crippen LogP contribution in [-0.4, -0.2) is 54.3 Å². The van der Waals surface area contributed by atoms with Crippen molar-refractivity contribution in [3.8, 4) is 0 Å². The van der Waals surface area contributed by atoms with Crippen molar-refractivity contribution >= 4 is 19.7 Å². The Labute approximate surface area is 421 Å². The van der Waals surface area contributed by atoms with E-state index in [9.17, 15) is 24.2 Å². The van der Waals surface area contributed by atoms with Crippen LogP contribution in [0.3, 0.4) is 0 Å². The molecule has 1 amide bonds. The predicted octanol–water partition coefficient (Wildman–Crippen LogP) is 18.1. The molecule has 10 heteroatoms. The number of allylic oxidation sites excluding steroid dienone is 2. The van der Waals surface area contributed by atoms with Gasteiger partial charge < -0.3 is 20.1 Å². The van der Waals surface area contributed by atoms with Crippen molar-refractivity contribution in [2.45, 2.75) is 322 Å². The van der Waals surface area contributed by atoms with Crippen LogP contribution in [0, 0.1) is 0 Å². The average Bonchev–Trinajstić information content (AvgIpc) is 3.33. The van der Waals surface area contributed by atoms with Crippen molar-refractivity contribution in [2.24, 2.45) is 0 Å². The second kappa shape index (κ2) is 55.1. The third-order valence-electron chi connectivity index (χ3n) is 13.4. The second-order valence-electron chi connectivity index (χ2n) is 20.3. The molecular formula is C58H114NO8P. The number of esters is 1. The molecule has 0 spiro atoms. The summed E-state index contributed by atoms with van der Waals surface area (Å²) < 4.78 is 27.1. The van der Waals surface area contributed by atoms with E-state index in [1.165, 1.54) is 250 Å². The molecule has 9 nitrogen and oxygen atoms in total.